The van der Waals surface area contributed by atoms with Crippen LogP contribution in [0.15, 0.2) is 24.3 Å². The number of benzene rings is 1. The van der Waals surface area contributed by atoms with E-state index >= 15 is 0 Å². The van der Waals surface area contributed by atoms with E-state index in [-0.39, 0.29) is 29.6 Å². The highest BCUT2D eigenvalue weighted by molar-refractivity contribution is 7.91. The summed E-state index contributed by atoms with van der Waals surface area (Å²) in [5.74, 6) is 0.191. The predicted octanol–water partition coefficient (Wildman–Crippen LogP) is 1.46. The number of hydrogen-bond acceptors (Lipinski definition) is 4. The molecule has 3 atom stereocenters. The molecule has 0 amide bonds. The SMILES string of the molecule is CC(c1ccccc1Cl)N(C)C1CS(=O)(=O)CC1N. The van der Waals surface area contributed by atoms with E-state index in [9.17, 15) is 8.42 Å². The Kier molecular flexibility index (Phi) is 4.20. The van der Waals surface area contributed by atoms with Crippen molar-refractivity contribution in [1.29, 1.82) is 0 Å². The number of nitrogens with zero attached hydrogens (tertiary/aromatic N) is 1. The van der Waals surface area contributed by atoms with Crippen molar-refractivity contribution in [3.63, 3.8) is 0 Å². The zero-order valence-electron chi connectivity index (χ0n) is 11.1. The van der Waals surface area contributed by atoms with Gasteiger partial charge in [-0.1, -0.05) is 29.8 Å². The minimum atomic E-state index is -3.02. The molecular formula is C13H19ClN2O2S. The van der Waals surface area contributed by atoms with Gasteiger partial charge in [0, 0.05) is 23.1 Å². The lowest BCUT2D eigenvalue weighted by atomic mass is 10.0. The average Bonchev–Trinajstić information content (AvgIpc) is 2.61. The van der Waals surface area contributed by atoms with E-state index in [1.807, 2.05) is 43.1 Å². The first-order valence-corrected chi connectivity index (χ1v) is 8.44. The molecular weight excluding hydrogens is 284 g/mol. The van der Waals surface area contributed by atoms with Crippen molar-refractivity contribution in [2.45, 2.75) is 25.0 Å². The van der Waals surface area contributed by atoms with Crippen LogP contribution < -0.4 is 5.73 Å². The maximum absolute atomic E-state index is 11.6. The summed E-state index contributed by atoms with van der Waals surface area (Å²) in [6.45, 7) is 2.01. The van der Waals surface area contributed by atoms with Gasteiger partial charge in [0.25, 0.3) is 0 Å². The van der Waals surface area contributed by atoms with Gasteiger partial charge >= 0.3 is 0 Å². The molecule has 0 saturated carbocycles. The minimum absolute atomic E-state index is 0.0260. The molecule has 1 saturated heterocycles. The lowest BCUT2D eigenvalue weighted by molar-refractivity contribution is 0.187. The highest BCUT2D eigenvalue weighted by Gasteiger charge is 2.39. The van der Waals surface area contributed by atoms with Crippen molar-refractivity contribution >= 4 is 21.4 Å². The standard InChI is InChI=1S/C13H19ClN2O2S/c1-9(10-5-3-4-6-11(10)14)16(2)13-8-19(17,18)7-12(13)15/h3-6,9,12-13H,7-8,15H2,1-2H3. The van der Waals surface area contributed by atoms with Gasteiger partial charge in [-0.25, -0.2) is 8.42 Å². The van der Waals surface area contributed by atoms with Gasteiger partial charge < -0.3 is 5.73 Å². The van der Waals surface area contributed by atoms with Crippen molar-refractivity contribution in [2.75, 3.05) is 18.6 Å². The smallest absolute Gasteiger partial charge is 0.153 e. The molecule has 106 valence electrons. The lowest BCUT2D eigenvalue weighted by Crippen LogP contribution is -2.46. The summed E-state index contributed by atoms with van der Waals surface area (Å²) in [5.41, 5.74) is 6.94. The van der Waals surface area contributed by atoms with Crippen LogP contribution in [0.5, 0.6) is 0 Å². The molecule has 6 heteroatoms. The number of halogens is 1. The van der Waals surface area contributed by atoms with Gasteiger partial charge in [-0.2, -0.15) is 0 Å². The molecule has 0 radical (unpaired) electrons. The minimum Gasteiger partial charge on any atom is -0.325 e. The zero-order valence-corrected chi connectivity index (χ0v) is 12.7. The number of rotatable bonds is 3. The van der Waals surface area contributed by atoms with E-state index in [1.165, 1.54) is 0 Å². The second-order valence-electron chi connectivity index (χ2n) is 5.17. The zero-order chi connectivity index (χ0) is 14.2. The molecule has 2 N–H and O–H groups in total. The van der Waals surface area contributed by atoms with Crippen molar-refractivity contribution in [1.82, 2.24) is 4.90 Å². The van der Waals surface area contributed by atoms with Crippen LogP contribution in [-0.4, -0.2) is 44.0 Å². The van der Waals surface area contributed by atoms with Gasteiger partial charge in [0.15, 0.2) is 9.84 Å². The summed E-state index contributed by atoms with van der Waals surface area (Å²) < 4.78 is 23.3. The molecule has 0 spiro atoms. The number of sulfone groups is 1. The summed E-state index contributed by atoms with van der Waals surface area (Å²) in [4.78, 5) is 2.01. The highest BCUT2D eigenvalue weighted by Crippen LogP contribution is 2.29. The predicted molar refractivity (Wildman–Crippen MR) is 78.0 cm³/mol. The van der Waals surface area contributed by atoms with Crippen LogP contribution in [0.25, 0.3) is 0 Å². The van der Waals surface area contributed by atoms with E-state index < -0.39 is 9.84 Å². The van der Waals surface area contributed by atoms with E-state index in [2.05, 4.69) is 0 Å². The maximum atomic E-state index is 11.6. The third-order valence-electron chi connectivity index (χ3n) is 3.85. The second-order valence-corrected chi connectivity index (χ2v) is 7.73. The largest absolute Gasteiger partial charge is 0.325 e. The Labute approximate surface area is 119 Å². The molecule has 1 aliphatic rings. The average molecular weight is 303 g/mol. The Hall–Kier alpha value is -0.620. The van der Waals surface area contributed by atoms with Crippen LogP contribution in [0.3, 0.4) is 0 Å². The quantitative estimate of drug-likeness (QED) is 0.918. The third-order valence-corrected chi connectivity index (χ3v) is 5.94. The lowest BCUT2D eigenvalue weighted by Gasteiger charge is -2.32. The third kappa shape index (κ3) is 3.11. The molecule has 0 aromatic heterocycles. The number of nitrogens with two attached hydrogens (primary N) is 1. The number of hydrogen-bond donors (Lipinski definition) is 1. The fourth-order valence-corrected chi connectivity index (χ4v) is 4.84. The Morgan fingerprint density at radius 1 is 1.37 bits per heavy atom. The molecule has 1 aromatic carbocycles. The monoisotopic (exact) mass is 302 g/mol. The number of likely N-dealkylation sites (N-methyl/N-ethyl adjacent to an activating group) is 1. The first kappa shape index (κ1) is 14.8. The summed E-state index contributed by atoms with van der Waals surface area (Å²) in [5, 5.41) is 0.691. The van der Waals surface area contributed by atoms with Gasteiger partial charge in [-0.15, -0.1) is 0 Å². The van der Waals surface area contributed by atoms with Crippen molar-refractivity contribution in [3.8, 4) is 0 Å². The van der Waals surface area contributed by atoms with Gasteiger partial charge in [-0.3, -0.25) is 4.90 Å². The van der Waals surface area contributed by atoms with Crippen LogP contribution in [0.4, 0.5) is 0 Å². The first-order chi connectivity index (χ1) is 8.82. The highest BCUT2D eigenvalue weighted by atomic mass is 35.5. The Morgan fingerprint density at radius 3 is 2.53 bits per heavy atom. The molecule has 2 rings (SSSR count). The fraction of sp³-hybridized carbons (Fsp3) is 0.538. The van der Waals surface area contributed by atoms with E-state index in [1.54, 1.807) is 0 Å². The summed E-state index contributed by atoms with van der Waals surface area (Å²) in [6.07, 6.45) is 0. The van der Waals surface area contributed by atoms with E-state index in [4.69, 9.17) is 17.3 Å². The van der Waals surface area contributed by atoms with Crippen LogP contribution in [0.2, 0.25) is 5.02 Å². The Balaban J connectivity index is 2.21. The fourth-order valence-electron chi connectivity index (χ4n) is 2.60. The Bertz CT molecular complexity index is 562. The van der Waals surface area contributed by atoms with Crippen molar-refractivity contribution < 1.29 is 8.42 Å². The van der Waals surface area contributed by atoms with Crippen molar-refractivity contribution in [2.24, 2.45) is 5.73 Å². The molecule has 0 aliphatic carbocycles. The molecule has 1 aliphatic heterocycles. The molecule has 0 bridgehead atoms. The first-order valence-electron chi connectivity index (χ1n) is 6.24. The molecule has 19 heavy (non-hydrogen) atoms. The second kappa shape index (κ2) is 5.40. The van der Waals surface area contributed by atoms with Crippen LogP contribution >= 0.6 is 11.6 Å². The molecule has 3 unspecified atom stereocenters. The van der Waals surface area contributed by atoms with Crippen LogP contribution in [0, 0.1) is 0 Å². The normalized spacial score (nSPS) is 27.6. The molecule has 4 nitrogen and oxygen atoms in total. The molecule has 1 fully saturated rings. The van der Waals surface area contributed by atoms with Gasteiger partial charge in [0.1, 0.15) is 0 Å². The van der Waals surface area contributed by atoms with Gasteiger partial charge in [0.05, 0.1) is 11.5 Å². The Morgan fingerprint density at radius 2 is 2.00 bits per heavy atom. The summed E-state index contributed by atoms with van der Waals surface area (Å²) in [7, 11) is -1.11. The van der Waals surface area contributed by atoms with Crippen LogP contribution in [-0.2, 0) is 9.84 Å². The summed E-state index contributed by atoms with van der Waals surface area (Å²) in [6, 6.07) is 7.14. The topological polar surface area (TPSA) is 63.4 Å². The maximum Gasteiger partial charge on any atom is 0.153 e. The van der Waals surface area contributed by atoms with E-state index in [0.29, 0.717) is 5.02 Å². The van der Waals surface area contributed by atoms with Crippen LogP contribution in [0.1, 0.15) is 18.5 Å². The van der Waals surface area contributed by atoms with Gasteiger partial charge in [-0.05, 0) is 25.6 Å². The van der Waals surface area contributed by atoms with E-state index in [0.717, 1.165) is 5.56 Å². The molecule has 1 heterocycles. The summed E-state index contributed by atoms with van der Waals surface area (Å²) >= 11 is 6.19. The van der Waals surface area contributed by atoms with Crippen molar-refractivity contribution in [3.05, 3.63) is 34.9 Å². The molecule has 1 aromatic rings. The van der Waals surface area contributed by atoms with Gasteiger partial charge in [0.2, 0.25) is 0 Å².